The summed E-state index contributed by atoms with van der Waals surface area (Å²) in [6.45, 7) is 0.848. The molecule has 0 amide bonds. The van der Waals surface area contributed by atoms with E-state index in [2.05, 4.69) is 11.2 Å². The van der Waals surface area contributed by atoms with Crippen molar-refractivity contribution in [2.24, 2.45) is 0 Å². The molecule has 2 aromatic rings. The van der Waals surface area contributed by atoms with E-state index in [4.69, 9.17) is 27.5 Å². The molecule has 0 fully saturated rings. The van der Waals surface area contributed by atoms with Crippen LogP contribution in [-0.2, 0) is 6.54 Å². The first-order chi connectivity index (χ1) is 9.76. The van der Waals surface area contributed by atoms with Crippen LogP contribution in [-0.4, -0.2) is 6.79 Å². The zero-order valence-corrected chi connectivity index (χ0v) is 11.4. The first kappa shape index (κ1) is 12.7. The van der Waals surface area contributed by atoms with E-state index in [0.29, 0.717) is 23.1 Å². The second-order valence-corrected chi connectivity index (χ2v) is 4.80. The van der Waals surface area contributed by atoms with Gasteiger partial charge in [-0.05, 0) is 35.9 Å². The van der Waals surface area contributed by atoms with Gasteiger partial charge in [0.25, 0.3) is 0 Å². The van der Waals surface area contributed by atoms with Crippen LogP contribution in [0, 0.1) is 12.3 Å². The number of fused-ring (bicyclic) bond motifs is 1. The van der Waals surface area contributed by atoms with Crippen LogP contribution in [0.3, 0.4) is 0 Å². The lowest BCUT2D eigenvalue weighted by molar-refractivity contribution is 0.174. The molecular formula is C16H12ClNO2. The highest BCUT2D eigenvalue weighted by molar-refractivity contribution is 6.32. The molecule has 0 aromatic heterocycles. The molecular weight excluding hydrogens is 274 g/mol. The summed E-state index contributed by atoms with van der Waals surface area (Å²) in [5, 5.41) is 3.87. The molecule has 3 nitrogen and oxygen atoms in total. The number of anilines is 1. The molecule has 1 N–H and O–H groups in total. The minimum absolute atomic E-state index is 0.218. The Balaban J connectivity index is 1.75. The second-order valence-electron chi connectivity index (χ2n) is 4.39. The molecule has 1 heterocycles. The molecule has 0 saturated carbocycles. The van der Waals surface area contributed by atoms with Crippen LogP contribution in [0.25, 0.3) is 0 Å². The maximum Gasteiger partial charge on any atom is 0.231 e. The molecule has 0 aliphatic carbocycles. The Kier molecular flexibility index (Phi) is 3.41. The summed E-state index contributed by atoms with van der Waals surface area (Å²) in [4.78, 5) is 0. The Bertz CT molecular complexity index is 691. The number of rotatable bonds is 3. The van der Waals surface area contributed by atoms with E-state index < -0.39 is 0 Å². The average molecular weight is 286 g/mol. The van der Waals surface area contributed by atoms with Gasteiger partial charge < -0.3 is 14.8 Å². The summed E-state index contributed by atoms with van der Waals surface area (Å²) in [7, 11) is 0. The van der Waals surface area contributed by atoms with Gasteiger partial charge in [0.05, 0.1) is 5.02 Å². The molecule has 0 bridgehead atoms. The molecule has 0 saturated heterocycles. The van der Waals surface area contributed by atoms with Crippen LogP contribution in [0.5, 0.6) is 11.5 Å². The molecule has 1 aliphatic rings. The molecule has 0 atom stereocenters. The fraction of sp³-hybridized carbons (Fsp3) is 0.125. The zero-order chi connectivity index (χ0) is 13.9. The molecule has 1 aliphatic heterocycles. The predicted octanol–water partition coefficient (Wildman–Crippen LogP) is 3.66. The van der Waals surface area contributed by atoms with Crippen molar-refractivity contribution >= 4 is 17.3 Å². The van der Waals surface area contributed by atoms with E-state index in [0.717, 1.165) is 16.8 Å². The molecule has 3 rings (SSSR count). The fourth-order valence-corrected chi connectivity index (χ4v) is 2.33. The molecule has 0 radical (unpaired) electrons. The van der Waals surface area contributed by atoms with Gasteiger partial charge in [-0.2, -0.15) is 0 Å². The number of halogens is 1. The summed E-state index contributed by atoms with van der Waals surface area (Å²) in [5.41, 5.74) is 2.83. The third-order valence-corrected chi connectivity index (χ3v) is 3.29. The number of ether oxygens (including phenoxy) is 2. The van der Waals surface area contributed by atoms with Crippen LogP contribution in [0.4, 0.5) is 5.69 Å². The van der Waals surface area contributed by atoms with Crippen molar-refractivity contribution in [3.63, 3.8) is 0 Å². The molecule has 2 aromatic carbocycles. The Labute approximate surface area is 122 Å². The zero-order valence-electron chi connectivity index (χ0n) is 10.7. The maximum atomic E-state index is 6.14. The van der Waals surface area contributed by atoms with Gasteiger partial charge in [-0.1, -0.05) is 23.6 Å². The third kappa shape index (κ3) is 2.52. The quantitative estimate of drug-likeness (QED) is 0.873. The van der Waals surface area contributed by atoms with Crippen LogP contribution >= 0.6 is 11.6 Å². The average Bonchev–Trinajstić information content (AvgIpc) is 2.94. The third-order valence-electron chi connectivity index (χ3n) is 3.01. The van der Waals surface area contributed by atoms with E-state index in [1.54, 1.807) is 0 Å². The summed E-state index contributed by atoms with van der Waals surface area (Å²) in [6.07, 6.45) is 5.38. The summed E-state index contributed by atoms with van der Waals surface area (Å²) in [6, 6.07) is 11.5. The summed E-state index contributed by atoms with van der Waals surface area (Å²) < 4.78 is 10.6. The number of benzene rings is 2. The highest BCUT2D eigenvalue weighted by Gasteiger charge is 2.18. The lowest BCUT2D eigenvalue weighted by Crippen LogP contribution is -1.99. The van der Waals surface area contributed by atoms with E-state index in [1.165, 1.54) is 0 Å². The second kappa shape index (κ2) is 5.36. The normalized spacial score (nSPS) is 12.0. The van der Waals surface area contributed by atoms with Crippen molar-refractivity contribution in [1.29, 1.82) is 0 Å². The Morgan fingerprint density at radius 2 is 2.15 bits per heavy atom. The van der Waals surface area contributed by atoms with Crippen molar-refractivity contribution in [2.75, 3.05) is 12.1 Å². The molecule has 4 heteroatoms. The van der Waals surface area contributed by atoms with Gasteiger partial charge in [0.15, 0.2) is 11.5 Å². The minimum atomic E-state index is 0.218. The lowest BCUT2D eigenvalue weighted by atomic mass is 10.1. The van der Waals surface area contributed by atoms with Gasteiger partial charge in [0, 0.05) is 17.8 Å². The molecule has 20 heavy (non-hydrogen) atoms. The Morgan fingerprint density at radius 1 is 1.25 bits per heavy atom. The van der Waals surface area contributed by atoms with Crippen LogP contribution in [0.15, 0.2) is 36.4 Å². The van der Waals surface area contributed by atoms with Crippen LogP contribution in [0.2, 0.25) is 5.02 Å². The van der Waals surface area contributed by atoms with E-state index in [1.807, 2.05) is 36.4 Å². The van der Waals surface area contributed by atoms with Crippen molar-refractivity contribution < 1.29 is 9.47 Å². The first-order valence-corrected chi connectivity index (χ1v) is 6.52. The molecule has 0 spiro atoms. The van der Waals surface area contributed by atoms with E-state index in [9.17, 15) is 0 Å². The summed E-state index contributed by atoms with van der Waals surface area (Å²) in [5.74, 6) is 3.91. The molecule has 0 unspecified atom stereocenters. The van der Waals surface area contributed by atoms with Crippen molar-refractivity contribution in [1.82, 2.24) is 0 Å². The SMILES string of the molecule is C#Cc1cccc(NCc2cc(Cl)c3c(c2)OCO3)c1. The highest BCUT2D eigenvalue weighted by Crippen LogP contribution is 2.39. The minimum Gasteiger partial charge on any atom is -0.454 e. The monoisotopic (exact) mass is 285 g/mol. The van der Waals surface area contributed by atoms with Gasteiger partial charge in [-0.25, -0.2) is 0 Å². The van der Waals surface area contributed by atoms with Gasteiger partial charge in [-0.3, -0.25) is 0 Å². The van der Waals surface area contributed by atoms with E-state index in [-0.39, 0.29) is 6.79 Å². The Morgan fingerprint density at radius 3 is 3.00 bits per heavy atom. The topological polar surface area (TPSA) is 30.5 Å². The van der Waals surface area contributed by atoms with Crippen molar-refractivity contribution in [2.45, 2.75) is 6.54 Å². The largest absolute Gasteiger partial charge is 0.454 e. The maximum absolute atomic E-state index is 6.14. The van der Waals surface area contributed by atoms with Crippen LogP contribution in [0.1, 0.15) is 11.1 Å². The smallest absolute Gasteiger partial charge is 0.231 e. The lowest BCUT2D eigenvalue weighted by Gasteiger charge is -2.08. The van der Waals surface area contributed by atoms with Gasteiger partial charge in [0.2, 0.25) is 6.79 Å². The number of hydrogen-bond donors (Lipinski definition) is 1. The molecule has 100 valence electrons. The summed E-state index contributed by atoms with van der Waals surface area (Å²) >= 11 is 6.14. The predicted molar refractivity (Wildman–Crippen MR) is 79.3 cm³/mol. The fourth-order valence-electron chi connectivity index (χ4n) is 2.05. The van der Waals surface area contributed by atoms with Crippen LogP contribution < -0.4 is 14.8 Å². The van der Waals surface area contributed by atoms with Gasteiger partial charge in [0.1, 0.15) is 0 Å². The van der Waals surface area contributed by atoms with Gasteiger partial charge in [-0.15, -0.1) is 6.42 Å². The first-order valence-electron chi connectivity index (χ1n) is 6.15. The van der Waals surface area contributed by atoms with E-state index >= 15 is 0 Å². The Hall–Kier alpha value is -2.31. The van der Waals surface area contributed by atoms with Crippen molar-refractivity contribution in [3.8, 4) is 23.8 Å². The van der Waals surface area contributed by atoms with Crippen molar-refractivity contribution in [3.05, 3.63) is 52.5 Å². The highest BCUT2D eigenvalue weighted by atomic mass is 35.5. The number of hydrogen-bond acceptors (Lipinski definition) is 3. The standard InChI is InChI=1S/C16H12ClNO2/c1-2-11-4-3-5-13(6-11)18-9-12-7-14(17)16-15(8-12)19-10-20-16/h1,3-8,18H,9-10H2. The van der Waals surface area contributed by atoms with Gasteiger partial charge >= 0.3 is 0 Å². The number of nitrogens with one attached hydrogen (secondary N) is 1. The number of terminal acetylenes is 1.